The van der Waals surface area contributed by atoms with Crippen LogP contribution in [0.2, 0.25) is 0 Å². The normalized spacial score (nSPS) is 28.2. The highest BCUT2D eigenvalue weighted by Crippen LogP contribution is 2.35. The summed E-state index contributed by atoms with van der Waals surface area (Å²) in [5.74, 6) is -0.206. The molecule has 0 radical (unpaired) electrons. The van der Waals surface area contributed by atoms with Gasteiger partial charge in [-0.05, 0) is 33.3 Å². The maximum atomic E-state index is 10.7. The Labute approximate surface area is 120 Å². The third-order valence-electron chi connectivity index (χ3n) is 4.15. The van der Waals surface area contributed by atoms with Gasteiger partial charge in [-0.25, -0.2) is 0 Å². The van der Waals surface area contributed by atoms with Crippen molar-refractivity contribution < 1.29 is 15.6 Å². The first-order valence-corrected chi connectivity index (χ1v) is 7.08. The van der Waals surface area contributed by atoms with Gasteiger partial charge >= 0.3 is 0 Å². The molecule has 0 spiro atoms. The average Bonchev–Trinajstić information content (AvgIpc) is 2.36. The largest absolute Gasteiger partial charge is 0.411 e. The van der Waals surface area contributed by atoms with Crippen LogP contribution in [0.15, 0.2) is 35.5 Å². The summed E-state index contributed by atoms with van der Waals surface area (Å²) in [5, 5.41) is 25.9. The maximum absolute atomic E-state index is 10.7. The lowest BCUT2D eigenvalue weighted by Gasteiger charge is -2.46. The Morgan fingerprint density at radius 3 is 2.35 bits per heavy atom. The van der Waals surface area contributed by atoms with E-state index in [0.717, 1.165) is 5.56 Å². The van der Waals surface area contributed by atoms with Crippen molar-refractivity contribution in [3.63, 3.8) is 0 Å². The van der Waals surface area contributed by atoms with Crippen molar-refractivity contribution in [2.45, 2.75) is 51.3 Å². The SMILES string of the molecule is CC1(C)C/C(=N/O)[C@@H]([C@H](O)c2ccccc2)C(C)(C)[NH2+]1. The molecule has 1 aromatic rings. The summed E-state index contributed by atoms with van der Waals surface area (Å²) in [4.78, 5) is 0. The Morgan fingerprint density at radius 2 is 1.80 bits per heavy atom. The molecule has 0 aliphatic carbocycles. The number of aliphatic hydroxyl groups excluding tert-OH is 1. The molecule has 1 heterocycles. The van der Waals surface area contributed by atoms with Crippen LogP contribution in [0.4, 0.5) is 0 Å². The summed E-state index contributed by atoms with van der Waals surface area (Å²) in [5.41, 5.74) is 1.27. The quantitative estimate of drug-likeness (QED) is 0.569. The number of piperidine rings is 1. The van der Waals surface area contributed by atoms with Crippen LogP contribution in [0.3, 0.4) is 0 Å². The summed E-state index contributed by atoms with van der Waals surface area (Å²) in [6.07, 6.45) is 0.00560. The lowest BCUT2D eigenvalue weighted by molar-refractivity contribution is -0.787. The van der Waals surface area contributed by atoms with Crippen molar-refractivity contribution in [3.8, 4) is 0 Å². The van der Waals surface area contributed by atoms with E-state index in [0.29, 0.717) is 12.1 Å². The molecule has 1 aliphatic heterocycles. The molecular weight excluding hydrogens is 252 g/mol. The second-order valence-electron chi connectivity index (χ2n) is 7.06. The molecule has 2 rings (SSSR count). The minimum Gasteiger partial charge on any atom is -0.411 e. The maximum Gasteiger partial charge on any atom is 0.102 e. The van der Waals surface area contributed by atoms with E-state index in [2.05, 4.69) is 38.2 Å². The topological polar surface area (TPSA) is 69.4 Å². The molecular formula is C16H25N2O2+. The number of quaternary nitrogens is 1. The van der Waals surface area contributed by atoms with Crippen LogP contribution < -0.4 is 5.32 Å². The summed E-state index contributed by atoms with van der Waals surface area (Å²) < 4.78 is 0. The van der Waals surface area contributed by atoms with Gasteiger partial charge in [0.1, 0.15) is 5.54 Å². The molecule has 110 valence electrons. The Balaban J connectivity index is 2.38. The highest BCUT2D eigenvalue weighted by Gasteiger charge is 2.51. The molecule has 1 fully saturated rings. The second-order valence-corrected chi connectivity index (χ2v) is 7.06. The van der Waals surface area contributed by atoms with Crippen molar-refractivity contribution in [1.82, 2.24) is 0 Å². The van der Waals surface area contributed by atoms with Crippen LogP contribution in [0.25, 0.3) is 0 Å². The number of nitrogens with two attached hydrogens (primary N) is 1. The molecule has 0 saturated carbocycles. The van der Waals surface area contributed by atoms with Gasteiger partial charge in [0, 0.05) is 6.42 Å². The fraction of sp³-hybridized carbons (Fsp3) is 0.562. The summed E-state index contributed by atoms with van der Waals surface area (Å²) >= 11 is 0. The standard InChI is InChI=1S/C16H24N2O2/c1-15(2)10-12(17-20)13(16(3,4)18-15)14(19)11-8-6-5-7-9-11/h5-9,13-14,18-20H,10H2,1-4H3/p+1/b17-12-/t13-,14+/m0/s1. The van der Waals surface area contributed by atoms with Crippen molar-refractivity contribution in [2.75, 3.05) is 0 Å². The predicted molar refractivity (Wildman–Crippen MR) is 78.8 cm³/mol. The van der Waals surface area contributed by atoms with Gasteiger partial charge in [-0.1, -0.05) is 35.5 Å². The lowest BCUT2D eigenvalue weighted by atomic mass is 9.69. The van der Waals surface area contributed by atoms with Crippen LogP contribution in [0, 0.1) is 5.92 Å². The van der Waals surface area contributed by atoms with E-state index in [1.54, 1.807) is 0 Å². The molecule has 4 heteroatoms. The van der Waals surface area contributed by atoms with E-state index in [1.165, 1.54) is 0 Å². The summed E-state index contributed by atoms with van der Waals surface area (Å²) in [6, 6.07) is 9.58. The lowest BCUT2D eigenvalue weighted by Crippen LogP contribution is -3.07. The molecule has 1 aliphatic rings. The molecule has 0 bridgehead atoms. The van der Waals surface area contributed by atoms with Gasteiger partial charge in [0.25, 0.3) is 0 Å². The number of benzene rings is 1. The summed E-state index contributed by atoms with van der Waals surface area (Å²) in [7, 11) is 0. The van der Waals surface area contributed by atoms with Gasteiger partial charge in [0.15, 0.2) is 0 Å². The zero-order valence-electron chi connectivity index (χ0n) is 12.7. The molecule has 0 amide bonds. The summed E-state index contributed by atoms with van der Waals surface area (Å²) in [6.45, 7) is 8.45. The van der Waals surface area contributed by atoms with Crippen molar-refractivity contribution in [1.29, 1.82) is 0 Å². The smallest absolute Gasteiger partial charge is 0.102 e. The van der Waals surface area contributed by atoms with Crippen molar-refractivity contribution in [3.05, 3.63) is 35.9 Å². The van der Waals surface area contributed by atoms with Crippen LogP contribution in [-0.4, -0.2) is 27.1 Å². The van der Waals surface area contributed by atoms with E-state index in [-0.39, 0.29) is 17.0 Å². The van der Waals surface area contributed by atoms with E-state index in [1.807, 2.05) is 30.3 Å². The first kappa shape index (κ1) is 15.0. The zero-order chi connectivity index (χ0) is 15.0. The number of rotatable bonds is 2. The average molecular weight is 277 g/mol. The highest BCUT2D eigenvalue weighted by atomic mass is 16.4. The Hall–Kier alpha value is -1.39. The van der Waals surface area contributed by atoms with Crippen molar-refractivity contribution in [2.24, 2.45) is 11.1 Å². The number of hydrogen-bond donors (Lipinski definition) is 3. The minimum absolute atomic E-state index is 0.0298. The Morgan fingerprint density at radius 1 is 1.20 bits per heavy atom. The molecule has 0 unspecified atom stereocenters. The number of hydrogen-bond acceptors (Lipinski definition) is 3. The van der Waals surface area contributed by atoms with Gasteiger partial charge in [0.05, 0.1) is 23.3 Å². The molecule has 0 aromatic heterocycles. The first-order valence-electron chi connectivity index (χ1n) is 7.08. The van der Waals surface area contributed by atoms with Gasteiger partial charge in [-0.15, -0.1) is 0 Å². The van der Waals surface area contributed by atoms with Crippen LogP contribution in [0.5, 0.6) is 0 Å². The van der Waals surface area contributed by atoms with Gasteiger partial charge in [0.2, 0.25) is 0 Å². The van der Waals surface area contributed by atoms with Crippen LogP contribution >= 0.6 is 0 Å². The monoisotopic (exact) mass is 277 g/mol. The molecule has 1 saturated heterocycles. The van der Waals surface area contributed by atoms with E-state index in [4.69, 9.17) is 0 Å². The molecule has 2 atom stereocenters. The molecule has 4 nitrogen and oxygen atoms in total. The van der Waals surface area contributed by atoms with Crippen LogP contribution in [-0.2, 0) is 0 Å². The molecule has 1 aromatic carbocycles. The number of oxime groups is 1. The van der Waals surface area contributed by atoms with Gasteiger partial charge in [-0.3, -0.25) is 0 Å². The molecule has 20 heavy (non-hydrogen) atoms. The van der Waals surface area contributed by atoms with Gasteiger partial charge < -0.3 is 15.6 Å². The van der Waals surface area contributed by atoms with Gasteiger partial charge in [-0.2, -0.15) is 0 Å². The van der Waals surface area contributed by atoms with E-state index >= 15 is 0 Å². The Bertz CT molecular complexity index is 494. The second kappa shape index (κ2) is 5.19. The third kappa shape index (κ3) is 2.86. The highest BCUT2D eigenvalue weighted by molar-refractivity contribution is 5.89. The number of aliphatic hydroxyl groups is 1. The van der Waals surface area contributed by atoms with E-state index in [9.17, 15) is 10.3 Å². The zero-order valence-corrected chi connectivity index (χ0v) is 12.7. The molecule has 4 N–H and O–H groups in total. The van der Waals surface area contributed by atoms with Crippen molar-refractivity contribution >= 4 is 5.71 Å². The fourth-order valence-corrected chi connectivity index (χ4v) is 3.68. The first-order chi connectivity index (χ1) is 9.27. The third-order valence-corrected chi connectivity index (χ3v) is 4.15. The predicted octanol–water partition coefficient (Wildman–Crippen LogP) is 1.69. The number of nitrogens with zero attached hydrogens (tertiary/aromatic N) is 1. The van der Waals surface area contributed by atoms with Crippen LogP contribution in [0.1, 0.15) is 45.8 Å². The Kier molecular flexibility index (Phi) is 3.89. The fourth-order valence-electron chi connectivity index (χ4n) is 3.68. The van der Waals surface area contributed by atoms with E-state index < -0.39 is 6.10 Å². The minimum atomic E-state index is -0.663.